The predicted molar refractivity (Wildman–Crippen MR) is 66.8 cm³/mol. The third-order valence-electron chi connectivity index (χ3n) is 3.13. The molecule has 0 aliphatic heterocycles. The first-order valence-corrected chi connectivity index (χ1v) is 6.48. The van der Waals surface area contributed by atoms with Gasteiger partial charge in [-0.05, 0) is 52.8 Å². The Morgan fingerprint density at radius 2 is 2.18 bits per heavy atom. The third-order valence-corrected chi connectivity index (χ3v) is 4.10. The molecule has 1 heterocycles. The molecule has 0 atom stereocenters. The molecule has 88 valence electrons. The van der Waals surface area contributed by atoms with E-state index in [0.717, 1.165) is 34.1 Å². The molecule has 0 amide bonds. The van der Waals surface area contributed by atoms with E-state index < -0.39 is 5.97 Å². The number of aliphatic carboxylic acids is 1. The summed E-state index contributed by atoms with van der Waals surface area (Å²) in [6, 6.07) is 3.51. The van der Waals surface area contributed by atoms with Crippen molar-refractivity contribution in [3.8, 4) is 5.75 Å². The Morgan fingerprint density at radius 3 is 2.82 bits per heavy atom. The van der Waals surface area contributed by atoms with Crippen LogP contribution in [-0.2, 0) is 11.2 Å². The first-order chi connectivity index (χ1) is 8.15. The molecule has 2 N–H and O–H groups in total. The quantitative estimate of drug-likeness (QED) is 0.877. The van der Waals surface area contributed by atoms with Crippen molar-refractivity contribution in [2.24, 2.45) is 0 Å². The van der Waals surface area contributed by atoms with Crippen molar-refractivity contribution in [2.75, 3.05) is 0 Å². The lowest BCUT2D eigenvalue weighted by molar-refractivity contribution is -0.136. The molecular formula is C13H12O3S. The minimum Gasteiger partial charge on any atom is -0.508 e. The number of hydrogen-bond donors (Lipinski definition) is 2. The fourth-order valence-corrected chi connectivity index (χ4v) is 3.29. The van der Waals surface area contributed by atoms with Gasteiger partial charge < -0.3 is 10.2 Å². The molecule has 1 aromatic carbocycles. The summed E-state index contributed by atoms with van der Waals surface area (Å²) in [5.74, 6) is -0.0191. The molecule has 3 rings (SSSR count). The van der Waals surface area contributed by atoms with E-state index in [2.05, 4.69) is 0 Å². The van der Waals surface area contributed by atoms with Crippen molar-refractivity contribution < 1.29 is 15.0 Å². The number of rotatable bonds is 3. The number of hydrogen-bond acceptors (Lipinski definition) is 3. The lowest BCUT2D eigenvalue weighted by Crippen LogP contribution is -1.99. The Bertz CT molecular complexity index is 596. The van der Waals surface area contributed by atoms with Crippen molar-refractivity contribution in [3.63, 3.8) is 0 Å². The highest BCUT2D eigenvalue weighted by Crippen LogP contribution is 2.46. The zero-order valence-electron chi connectivity index (χ0n) is 9.14. The van der Waals surface area contributed by atoms with Gasteiger partial charge in [-0.2, -0.15) is 0 Å². The number of thiophene rings is 1. The van der Waals surface area contributed by atoms with Crippen LogP contribution in [0.1, 0.15) is 29.9 Å². The van der Waals surface area contributed by atoms with E-state index in [-0.39, 0.29) is 12.2 Å². The Hall–Kier alpha value is -1.55. The van der Waals surface area contributed by atoms with Crippen LogP contribution in [0.25, 0.3) is 10.1 Å². The van der Waals surface area contributed by atoms with Crippen LogP contribution < -0.4 is 0 Å². The zero-order valence-corrected chi connectivity index (χ0v) is 9.96. The van der Waals surface area contributed by atoms with Crippen LogP contribution in [0.3, 0.4) is 0 Å². The van der Waals surface area contributed by atoms with Crippen LogP contribution in [-0.4, -0.2) is 16.2 Å². The van der Waals surface area contributed by atoms with Crippen LogP contribution in [0, 0.1) is 0 Å². The Labute approximate surface area is 102 Å². The smallest absolute Gasteiger partial charge is 0.307 e. The lowest BCUT2D eigenvalue weighted by atomic mass is 10.0. The average molecular weight is 248 g/mol. The highest BCUT2D eigenvalue weighted by molar-refractivity contribution is 7.17. The molecule has 1 saturated carbocycles. The molecule has 1 aliphatic rings. The van der Waals surface area contributed by atoms with Gasteiger partial charge in [0.05, 0.1) is 6.42 Å². The van der Waals surface area contributed by atoms with Gasteiger partial charge in [-0.3, -0.25) is 4.79 Å². The number of phenolic OH excluding ortho intramolecular Hbond substituents is 1. The van der Waals surface area contributed by atoms with E-state index in [9.17, 15) is 9.90 Å². The maximum absolute atomic E-state index is 10.8. The van der Waals surface area contributed by atoms with Gasteiger partial charge in [-0.25, -0.2) is 0 Å². The van der Waals surface area contributed by atoms with Crippen LogP contribution >= 0.6 is 11.3 Å². The summed E-state index contributed by atoms with van der Waals surface area (Å²) in [7, 11) is 0. The van der Waals surface area contributed by atoms with Crippen molar-refractivity contribution in [2.45, 2.75) is 25.2 Å². The molecule has 1 fully saturated rings. The molecule has 0 radical (unpaired) electrons. The summed E-state index contributed by atoms with van der Waals surface area (Å²) >= 11 is 1.51. The van der Waals surface area contributed by atoms with Crippen molar-refractivity contribution >= 4 is 27.4 Å². The predicted octanol–water partition coefficient (Wildman–Crippen LogP) is 3.11. The largest absolute Gasteiger partial charge is 0.508 e. The number of carboxylic acids is 1. The fraction of sp³-hybridized carbons (Fsp3) is 0.308. The molecule has 2 aromatic rings. The summed E-state index contributed by atoms with van der Waals surface area (Å²) in [4.78, 5) is 10.8. The number of fused-ring (bicyclic) bond motifs is 1. The van der Waals surface area contributed by atoms with Crippen LogP contribution in [0.4, 0.5) is 0 Å². The highest BCUT2D eigenvalue weighted by atomic mass is 32.1. The van der Waals surface area contributed by atoms with E-state index in [1.54, 1.807) is 12.1 Å². The van der Waals surface area contributed by atoms with Gasteiger partial charge in [0.25, 0.3) is 0 Å². The van der Waals surface area contributed by atoms with Gasteiger partial charge in [-0.1, -0.05) is 0 Å². The van der Waals surface area contributed by atoms with Gasteiger partial charge in [0.2, 0.25) is 0 Å². The fourth-order valence-electron chi connectivity index (χ4n) is 2.26. The minimum atomic E-state index is -0.806. The Morgan fingerprint density at radius 1 is 1.41 bits per heavy atom. The monoisotopic (exact) mass is 248 g/mol. The molecular weight excluding hydrogens is 236 g/mol. The number of phenols is 1. The first kappa shape index (κ1) is 10.6. The number of aromatic hydroxyl groups is 1. The summed E-state index contributed by atoms with van der Waals surface area (Å²) in [5.41, 5.74) is 2.00. The van der Waals surface area contributed by atoms with E-state index in [1.165, 1.54) is 11.3 Å². The molecule has 1 aromatic heterocycles. The normalized spacial score (nSPS) is 15.3. The average Bonchev–Trinajstić information content (AvgIpc) is 3.01. The molecule has 0 bridgehead atoms. The van der Waals surface area contributed by atoms with Gasteiger partial charge in [-0.15, -0.1) is 11.3 Å². The number of carboxylic acid groups (broad SMARTS) is 1. The molecule has 0 saturated heterocycles. The van der Waals surface area contributed by atoms with E-state index in [1.807, 2.05) is 5.38 Å². The standard InChI is InChI=1S/C13H12O3S/c14-9-4-10(7-1-2-7)13-8(3-12(15)16)6-17-11(13)5-9/h4-7,14H,1-3H2,(H,15,16). The van der Waals surface area contributed by atoms with E-state index in [0.29, 0.717) is 5.92 Å². The van der Waals surface area contributed by atoms with E-state index in [4.69, 9.17) is 5.11 Å². The molecule has 0 unspecified atom stereocenters. The molecule has 1 aliphatic carbocycles. The molecule has 17 heavy (non-hydrogen) atoms. The minimum absolute atomic E-state index is 0.0600. The summed E-state index contributed by atoms with van der Waals surface area (Å²) in [6.07, 6.45) is 2.34. The van der Waals surface area contributed by atoms with Crippen LogP contribution in [0.2, 0.25) is 0 Å². The zero-order chi connectivity index (χ0) is 12.0. The Kier molecular flexibility index (Phi) is 2.33. The Balaban J connectivity index is 2.20. The highest BCUT2D eigenvalue weighted by Gasteiger charge is 2.27. The first-order valence-electron chi connectivity index (χ1n) is 5.60. The SMILES string of the molecule is O=C(O)Cc1csc2cc(O)cc(C3CC3)c12. The van der Waals surface area contributed by atoms with Crippen molar-refractivity contribution in [3.05, 3.63) is 28.6 Å². The number of benzene rings is 1. The van der Waals surface area contributed by atoms with Crippen LogP contribution in [0.15, 0.2) is 17.5 Å². The summed E-state index contributed by atoms with van der Waals surface area (Å²) < 4.78 is 0.989. The second-order valence-electron chi connectivity index (χ2n) is 4.51. The maximum Gasteiger partial charge on any atom is 0.307 e. The summed E-state index contributed by atoms with van der Waals surface area (Å²) in [6.45, 7) is 0. The number of carbonyl (C=O) groups is 1. The topological polar surface area (TPSA) is 57.5 Å². The van der Waals surface area contributed by atoms with Gasteiger partial charge in [0.1, 0.15) is 5.75 Å². The maximum atomic E-state index is 10.8. The second kappa shape index (κ2) is 3.74. The van der Waals surface area contributed by atoms with Crippen LogP contribution in [0.5, 0.6) is 5.75 Å². The van der Waals surface area contributed by atoms with E-state index >= 15 is 0 Å². The van der Waals surface area contributed by atoms with Crippen molar-refractivity contribution in [1.82, 2.24) is 0 Å². The molecule has 0 spiro atoms. The van der Waals surface area contributed by atoms with Gasteiger partial charge in [0.15, 0.2) is 0 Å². The second-order valence-corrected chi connectivity index (χ2v) is 5.43. The summed E-state index contributed by atoms with van der Waals surface area (Å²) in [5, 5.41) is 21.5. The molecule has 3 nitrogen and oxygen atoms in total. The molecule has 4 heteroatoms. The van der Waals surface area contributed by atoms with Gasteiger partial charge >= 0.3 is 5.97 Å². The van der Waals surface area contributed by atoms with Gasteiger partial charge in [0, 0.05) is 4.70 Å². The lowest BCUT2D eigenvalue weighted by Gasteiger charge is -2.05. The third kappa shape index (κ3) is 1.89. The van der Waals surface area contributed by atoms with Crippen molar-refractivity contribution in [1.29, 1.82) is 0 Å².